The Labute approximate surface area is 176 Å². The number of fused-ring (bicyclic) bond motifs is 8. The van der Waals surface area contributed by atoms with Crippen LogP contribution >= 0.6 is 0 Å². The highest BCUT2D eigenvalue weighted by atomic mass is 16.2. The van der Waals surface area contributed by atoms with Crippen LogP contribution in [0.25, 0.3) is 46.4 Å². The van der Waals surface area contributed by atoms with Gasteiger partial charge in [-0.1, -0.05) is 0 Å². The van der Waals surface area contributed by atoms with E-state index >= 15 is 0 Å². The summed E-state index contributed by atoms with van der Waals surface area (Å²) in [5, 5.41) is 2.03. The van der Waals surface area contributed by atoms with Gasteiger partial charge in [0.2, 0.25) is 0 Å². The van der Waals surface area contributed by atoms with Gasteiger partial charge in [-0.15, -0.1) is 0 Å². The van der Waals surface area contributed by atoms with Gasteiger partial charge in [-0.3, -0.25) is 14.9 Å². The fraction of sp³-hybridized carbons (Fsp3) is 0. The lowest BCUT2D eigenvalue weighted by Gasteiger charge is -1.86. The van der Waals surface area contributed by atoms with Crippen LogP contribution < -0.4 is 5.32 Å². The maximum absolute atomic E-state index is 10.0. The third-order valence-electron chi connectivity index (χ3n) is 4.67. The van der Waals surface area contributed by atoms with E-state index in [4.69, 9.17) is 0 Å². The molecule has 0 unspecified atom stereocenters. The average Bonchev–Trinajstić information content (AvgIpc) is 3.54. The average molecular weight is 407 g/mol. The summed E-state index contributed by atoms with van der Waals surface area (Å²) in [6.45, 7) is 0. The minimum Gasteiger partial charge on any atom is -0.355 e. The van der Waals surface area contributed by atoms with E-state index in [9.17, 15) is 9.59 Å². The third kappa shape index (κ3) is 4.40. The molecule has 7 heteroatoms. The lowest BCUT2D eigenvalue weighted by Crippen LogP contribution is -2.19. The smallest absolute Gasteiger partial charge is 0.250 e. The van der Waals surface area contributed by atoms with Crippen LogP contribution in [0.2, 0.25) is 0 Å². The number of hydrogen-bond donors (Lipinski definition) is 3. The molecule has 6 rings (SSSR count). The third-order valence-corrected chi connectivity index (χ3v) is 4.67. The molecule has 0 saturated carbocycles. The number of nitrogens with one attached hydrogen (secondary N) is 3. The summed E-state index contributed by atoms with van der Waals surface area (Å²) in [6.07, 6.45) is 10.4. The molecule has 8 bridgehead atoms. The molecule has 0 fully saturated rings. The second-order valence-corrected chi connectivity index (χ2v) is 7.09. The standard InChI is InChI=1S/C20H14N4.C4H3NO2/c1-2-14-10-16-5-6-18(23-16)12-20-8-7-19(24-20)11-17-4-3-15(22-17)9-13(1)21-14;6-3-1-2-4(7)5-3/h1-12,21-22H;1-2H,(H,5,6,7). The Kier molecular flexibility index (Phi) is 4.61. The predicted octanol–water partition coefficient (Wildman–Crippen LogP) is 3.85. The van der Waals surface area contributed by atoms with Crippen molar-refractivity contribution in [3.8, 4) is 0 Å². The molecule has 3 aromatic rings. The van der Waals surface area contributed by atoms with Gasteiger partial charge in [-0.2, -0.15) is 0 Å². The van der Waals surface area contributed by atoms with Crippen molar-refractivity contribution >= 4 is 58.2 Å². The fourth-order valence-electron chi connectivity index (χ4n) is 3.30. The Morgan fingerprint density at radius 3 is 1.26 bits per heavy atom. The van der Waals surface area contributed by atoms with Crippen LogP contribution in [-0.2, 0) is 9.59 Å². The molecule has 2 amide bonds. The van der Waals surface area contributed by atoms with Gasteiger partial charge in [0.15, 0.2) is 0 Å². The van der Waals surface area contributed by atoms with E-state index in [2.05, 4.69) is 50.3 Å². The quantitative estimate of drug-likeness (QED) is 0.339. The van der Waals surface area contributed by atoms with Gasteiger partial charge in [0.25, 0.3) is 11.8 Å². The van der Waals surface area contributed by atoms with Crippen molar-refractivity contribution in [1.82, 2.24) is 25.3 Å². The first kappa shape index (κ1) is 18.5. The van der Waals surface area contributed by atoms with E-state index in [0.29, 0.717) is 0 Å². The van der Waals surface area contributed by atoms with Gasteiger partial charge in [-0.25, -0.2) is 9.97 Å². The number of hydrogen-bond acceptors (Lipinski definition) is 4. The Morgan fingerprint density at radius 2 is 0.871 bits per heavy atom. The molecule has 0 spiro atoms. The number of amides is 2. The molecule has 3 aliphatic heterocycles. The summed E-state index contributed by atoms with van der Waals surface area (Å²) in [6, 6.07) is 16.4. The lowest BCUT2D eigenvalue weighted by atomic mass is 10.3. The van der Waals surface area contributed by atoms with Crippen molar-refractivity contribution in [2.75, 3.05) is 0 Å². The number of aromatic nitrogens is 4. The van der Waals surface area contributed by atoms with E-state index in [1.54, 1.807) is 0 Å². The van der Waals surface area contributed by atoms with Gasteiger partial charge in [-0.05, 0) is 72.8 Å². The van der Waals surface area contributed by atoms with E-state index < -0.39 is 0 Å². The molecule has 0 aromatic carbocycles. The molecule has 6 heterocycles. The highest BCUT2D eigenvalue weighted by Crippen LogP contribution is 2.17. The fourth-order valence-corrected chi connectivity index (χ4v) is 3.30. The minimum absolute atomic E-state index is 0.329. The number of carbonyl (C=O) groups is 2. The van der Waals surface area contributed by atoms with E-state index in [0.717, 1.165) is 44.8 Å². The van der Waals surface area contributed by atoms with Crippen LogP contribution in [0.3, 0.4) is 0 Å². The van der Waals surface area contributed by atoms with E-state index in [1.165, 1.54) is 12.2 Å². The largest absolute Gasteiger partial charge is 0.355 e. The van der Waals surface area contributed by atoms with Crippen molar-refractivity contribution in [3.05, 3.63) is 83.5 Å². The van der Waals surface area contributed by atoms with Crippen molar-refractivity contribution < 1.29 is 9.59 Å². The normalized spacial score (nSPS) is 13.8. The second kappa shape index (κ2) is 7.72. The summed E-state index contributed by atoms with van der Waals surface area (Å²) in [4.78, 5) is 36.1. The lowest BCUT2D eigenvalue weighted by molar-refractivity contribution is -0.123. The molecule has 3 N–H and O–H groups in total. The first-order valence-electron chi connectivity index (χ1n) is 9.67. The minimum atomic E-state index is -0.329. The Morgan fingerprint density at radius 1 is 0.484 bits per heavy atom. The molecule has 31 heavy (non-hydrogen) atoms. The Bertz CT molecular complexity index is 1350. The molecule has 0 aliphatic carbocycles. The van der Waals surface area contributed by atoms with Crippen molar-refractivity contribution in [3.63, 3.8) is 0 Å². The summed E-state index contributed by atoms with van der Waals surface area (Å²) in [7, 11) is 0. The van der Waals surface area contributed by atoms with Crippen LogP contribution in [0.1, 0.15) is 22.8 Å². The maximum atomic E-state index is 10.0. The van der Waals surface area contributed by atoms with Gasteiger partial charge in [0, 0.05) is 34.2 Å². The van der Waals surface area contributed by atoms with E-state index in [1.807, 2.05) is 47.8 Å². The summed E-state index contributed by atoms with van der Waals surface area (Å²) >= 11 is 0. The molecule has 0 atom stereocenters. The Hall–Kier alpha value is -4.52. The predicted molar refractivity (Wildman–Crippen MR) is 121 cm³/mol. The van der Waals surface area contributed by atoms with Crippen LogP contribution in [0, 0.1) is 0 Å². The monoisotopic (exact) mass is 407 g/mol. The number of carbonyl (C=O) groups excluding carboxylic acids is 2. The number of rotatable bonds is 0. The molecule has 3 aliphatic rings. The molecule has 0 radical (unpaired) electrons. The van der Waals surface area contributed by atoms with Crippen LogP contribution in [-0.4, -0.2) is 31.8 Å². The molecular weight excluding hydrogens is 390 g/mol. The number of imide groups is 1. The number of H-pyrrole nitrogens is 2. The Balaban J connectivity index is 0.000000250. The highest BCUT2D eigenvalue weighted by molar-refractivity contribution is 6.12. The van der Waals surface area contributed by atoms with Gasteiger partial charge < -0.3 is 9.97 Å². The molecule has 3 aromatic heterocycles. The van der Waals surface area contributed by atoms with Gasteiger partial charge >= 0.3 is 0 Å². The molecule has 150 valence electrons. The zero-order chi connectivity index (χ0) is 21.2. The zero-order valence-corrected chi connectivity index (χ0v) is 16.3. The number of nitrogens with zero attached hydrogens (tertiary/aromatic N) is 2. The maximum Gasteiger partial charge on any atom is 0.250 e. The topological polar surface area (TPSA) is 104 Å². The van der Waals surface area contributed by atoms with Gasteiger partial charge in [0.1, 0.15) is 0 Å². The van der Waals surface area contributed by atoms with Crippen LogP contribution in [0.4, 0.5) is 0 Å². The zero-order valence-electron chi connectivity index (χ0n) is 16.3. The van der Waals surface area contributed by atoms with Crippen LogP contribution in [0.5, 0.6) is 0 Å². The molecule has 7 nitrogen and oxygen atoms in total. The second-order valence-electron chi connectivity index (χ2n) is 7.09. The number of aromatic amines is 2. The first-order valence-corrected chi connectivity index (χ1v) is 9.67. The highest BCUT2D eigenvalue weighted by Gasteiger charge is 2.07. The van der Waals surface area contributed by atoms with E-state index in [-0.39, 0.29) is 11.8 Å². The molecule has 0 saturated heterocycles. The van der Waals surface area contributed by atoms with Crippen molar-refractivity contribution in [2.45, 2.75) is 0 Å². The molecular formula is C24H17N5O2. The van der Waals surface area contributed by atoms with Crippen molar-refractivity contribution in [1.29, 1.82) is 0 Å². The van der Waals surface area contributed by atoms with Crippen molar-refractivity contribution in [2.24, 2.45) is 0 Å². The van der Waals surface area contributed by atoms with Crippen LogP contribution in [0.15, 0.2) is 60.7 Å². The van der Waals surface area contributed by atoms with Gasteiger partial charge in [0.05, 0.1) is 22.8 Å². The summed E-state index contributed by atoms with van der Waals surface area (Å²) in [5.41, 5.74) is 7.86. The summed E-state index contributed by atoms with van der Waals surface area (Å²) < 4.78 is 0. The SMILES string of the molecule is C1=Cc2cc3ccc(cc4ccc(cc5nc(cc1n2)C=C5)[nH]4)[nH]3.O=C1C=CC(=O)N1. The first-order chi connectivity index (χ1) is 15.1. The summed E-state index contributed by atoms with van der Waals surface area (Å²) in [5.74, 6) is -0.657.